The van der Waals surface area contributed by atoms with Gasteiger partial charge in [-0.05, 0) is 19.1 Å². The summed E-state index contributed by atoms with van der Waals surface area (Å²) in [5, 5.41) is 8.96. The maximum absolute atomic E-state index is 14.2. The summed E-state index contributed by atoms with van der Waals surface area (Å²) in [7, 11) is 0. The Hall–Kier alpha value is -3.04. The zero-order valence-corrected chi connectivity index (χ0v) is 13.4. The summed E-state index contributed by atoms with van der Waals surface area (Å²) < 4.78 is 117. The lowest BCUT2D eigenvalue weighted by atomic mass is 10.1. The van der Waals surface area contributed by atoms with E-state index in [-0.39, 0.29) is 23.0 Å². The molecule has 1 aromatic carbocycles. The van der Waals surface area contributed by atoms with Gasteiger partial charge in [0.1, 0.15) is 29.6 Å². The average Bonchev–Trinajstić information content (AvgIpc) is 2.55. The SMILES string of the molecule is Cc1c(C(F)(F)C(F)(F)F)ncn(-c2c(F)cc(C(F)(F)F)cc2C#N)c1=O. The topological polar surface area (TPSA) is 58.7 Å². The van der Waals surface area contributed by atoms with Crippen LogP contribution in [-0.4, -0.2) is 15.7 Å². The fraction of sp³-hybridized carbons (Fsp3) is 0.267. The third kappa shape index (κ3) is 3.41. The molecule has 28 heavy (non-hydrogen) atoms. The van der Waals surface area contributed by atoms with Crippen LogP contribution in [0.25, 0.3) is 5.69 Å². The molecule has 2 rings (SSSR count). The minimum Gasteiger partial charge on any atom is -0.269 e. The first-order valence-electron chi connectivity index (χ1n) is 6.97. The minimum absolute atomic E-state index is 0.0593. The van der Waals surface area contributed by atoms with Crippen molar-refractivity contribution in [2.75, 3.05) is 0 Å². The van der Waals surface area contributed by atoms with E-state index in [1.54, 1.807) is 0 Å². The van der Waals surface area contributed by atoms with E-state index in [0.29, 0.717) is 6.92 Å². The number of aromatic nitrogens is 2. The van der Waals surface area contributed by atoms with Gasteiger partial charge >= 0.3 is 18.3 Å². The average molecular weight is 415 g/mol. The van der Waals surface area contributed by atoms with Gasteiger partial charge in [-0.1, -0.05) is 0 Å². The standard InChI is InChI=1S/C15H6F9N3O/c1-6-11(13(17,18)15(22,23)24)26-5-27(12(6)28)10-7(4-25)2-8(3-9(10)16)14(19,20)21/h2-3,5H,1H3. The molecule has 1 heterocycles. The van der Waals surface area contributed by atoms with Gasteiger partial charge in [0.25, 0.3) is 5.56 Å². The molecule has 0 saturated heterocycles. The van der Waals surface area contributed by atoms with Crippen molar-refractivity contribution in [2.45, 2.75) is 25.2 Å². The highest BCUT2D eigenvalue weighted by atomic mass is 19.4. The number of rotatable bonds is 2. The molecule has 0 radical (unpaired) electrons. The summed E-state index contributed by atoms with van der Waals surface area (Å²) in [6.45, 7) is 0.550. The van der Waals surface area contributed by atoms with Crippen LogP contribution in [0.1, 0.15) is 22.4 Å². The number of benzene rings is 1. The van der Waals surface area contributed by atoms with Gasteiger partial charge in [0.2, 0.25) is 0 Å². The zero-order valence-electron chi connectivity index (χ0n) is 13.4. The Morgan fingerprint density at radius 3 is 2.11 bits per heavy atom. The summed E-state index contributed by atoms with van der Waals surface area (Å²) in [5.41, 5.74) is -8.45. The van der Waals surface area contributed by atoms with Crippen molar-refractivity contribution in [3.63, 3.8) is 0 Å². The van der Waals surface area contributed by atoms with Crippen LogP contribution in [0.4, 0.5) is 39.5 Å². The van der Waals surface area contributed by atoms with Gasteiger partial charge in [0.15, 0.2) is 0 Å². The molecular weight excluding hydrogens is 409 g/mol. The van der Waals surface area contributed by atoms with Crippen LogP contribution >= 0.6 is 0 Å². The van der Waals surface area contributed by atoms with Crippen LogP contribution in [0, 0.1) is 24.1 Å². The first kappa shape index (κ1) is 21.3. The minimum atomic E-state index is -6.08. The first-order chi connectivity index (χ1) is 12.6. The smallest absolute Gasteiger partial charge is 0.269 e. The van der Waals surface area contributed by atoms with E-state index in [9.17, 15) is 44.3 Å². The van der Waals surface area contributed by atoms with Gasteiger partial charge in [-0.25, -0.2) is 9.37 Å². The number of halogens is 9. The Morgan fingerprint density at radius 1 is 1.07 bits per heavy atom. The quantitative estimate of drug-likeness (QED) is 0.691. The van der Waals surface area contributed by atoms with Gasteiger partial charge < -0.3 is 0 Å². The lowest BCUT2D eigenvalue weighted by Gasteiger charge is -2.21. The van der Waals surface area contributed by atoms with Crippen LogP contribution in [0.5, 0.6) is 0 Å². The number of alkyl halides is 8. The summed E-state index contributed by atoms with van der Waals surface area (Å²) >= 11 is 0. The molecule has 0 unspecified atom stereocenters. The number of hydrogen-bond donors (Lipinski definition) is 0. The Morgan fingerprint density at radius 2 is 1.64 bits per heavy atom. The van der Waals surface area contributed by atoms with Gasteiger partial charge in [-0.15, -0.1) is 0 Å². The third-order valence-electron chi connectivity index (χ3n) is 3.60. The second-order valence-electron chi connectivity index (χ2n) is 5.43. The van der Waals surface area contributed by atoms with E-state index in [0.717, 1.165) is 0 Å². The van der Waals surface area contributed by atoms with E-state index in [1.165, 1.54) is 6.07 Å². The van der Waals surface area contributed by atoms with Gasteiger partial charge in [0.05, 0.1) is 11.1 Å². The molecule has 0 amide bonds. The maximum Gasteiger partial charge on any atom is 0.459 e. The highest BCUT2D eigenvalue weighted by molar-refractivity contribution is 5.52. The molecule has 0 saturated carbocycles. The molecule has 0 spiro atoms. The molecule has 2 aromatic rings. The van der Waals surface area contributed by atoms with Crippen molar-refractivity contribution >= 4 is 0 Å². The normalized spacial score (nSPS) is 12.8. The van der Waals surface area contributed by atoms with E-state index in [4.69, 9.17) is 5.26 Å². The van der Waals surface area contributed by atoms with Gasteiger partial charge in [-0.2, -0.15) is 40.4 Å². The molecule has 0 fully saturated rings. The van der Waals surface area contributed by atoms with Gasteiger partial charge in [0, 0.05) is 5.56 Å². The predicted molar refractivity (Wildman–Crippen MR) is 74.2 cm³/mol. The van der Waals surface area contributed by atoms with E-state index < -0.39 is 57.7 Å². The molecule has 0 atom stereocenters. The fourth-order valence-electron chi connectivity index (χ4n) is 2.25. The van der Waals surface area contributed by atoms with Crippen LogP contribution < -0.4 is 5.56 Å². The molecule has 0 aliphatic rings. The van der Waals surface area contributed by atoms with Crippen LogP contribution in [0.3, 0.4) is 0 Å². The van der Waals surface area contributed by atoms with Crippen molar-refractivity contribution in [2.24, 2.45) is 0 Å². The molecule has 0 bridgehead atoms. The van der Waals surface area contributed by atoms with Crippen molar-refractivity contribution in [3.8, 4) is 11.8 Å². The highest BCUT2D eigenvalue weighted by Gasteiger charge is 2.60. The highest BCUT2D eigenvalue weighted by Crippen LogP contribution is 2.43. The van der Waals surface area contributed by atoms with Crippen molar-refractivity contribution in [3.05, 3.63) is 57.0 Å². The molecule has 150 valence electrons. The van der Waals surface area contributed by atoms with Crippen LogP contribution in [0.2, 0.25) is 0 Å². The van der Waals surface area contributed by atoms with Crippen molar-refractivity contribution in [1.29, 1.82) is 5.26 Å². The van der Waals surface area contributed by atoms with Crippen molar-refractivity contribution < 1.29 is 39.5 Å². The molecular formula is C15H6F9N3O. The molecule has 0 N–H and O–H groups in total. The Balaban J connectivity index is 2.78. The van der Waals surface area contributed by atoms with E-state index >= 15 is 0 Å². The summed E-state index contributed by atoms with van der Waals surface area (Å²) in [4.78, 5) is 15.0. The monoisotopic (exact) mass is 415 g/mol. The number of nitrogens with zero attached hydrogens (tertiary/aromatic N) is 3. The summed E-state index contributed by atoms with van der Waals surface area (Å²) in [6, 6.07) is 1.34. The lowest BCUT2D eigenvalue weighted by Crippen LogP contribution is -2.38. The van der Waals surface area contributed by atoms with Gasteiger partial charge in [-0.3, -0.25) is 9.36 Å². The van der Waals surface area contributed by atoms with E-state index in [2.05, 4.69) is 4.98 Å². The number of hydrogen-bond acceptors (Lipinski definition) is 3. The third-order valence-corrected chi connectivity index (χ3v) is 3.60. The number of nitriles is 1. The second-order valence-corrected chi connectivity index (χ2v) is 5.43. The summed E-state index contributed by atoms with van der Waals surface area (Å²) in [6.07, 6.45) is -11.0. The first-order valence-corrected chi connectivity index (χ1v) is 6.97. The molecule has 1 aromatic heterocycles. The molecule has 13 heteroatoms. The summed E-state index contributed by atoms with van der Waals surface area (Å²) in [5.74, 6) is -7.24. The molecule has 4 nitrogen and oxygen atoms in total. The zero-order chi connectivity index (χ0) is 21.7. The predicted octanol–water partition coefficient (Wildman–Crippen LogP) is 4.22. The molecule has 0 aliphatic heterocycles. The Labute approximate surface area is 149 Å². The van der Waals surface area contributed by atoms with E-state index in [1.807, 2.05) is 0 Å². The Kier molecular flexibility index (Phi) is 4.96. The Bertz CT molecular complexity index is 1030. The van der Waals surface area contributed by atoms with Crippen LogP contribution in [-0.2, 0) is 12.1 Å². The largest absolute Gasteiger partial charge is 0.459 e. The fourth-order valence-corrected chi connectivity index (χ4v) is 2.25. The van der Waals surface area contributed by atoms with Crippen LogP contribution in [0.15, 0.2) is 23.3 Å². The maximum atomic E-state index is 14.2. The lowest BCUT2D eigenvalue weighted by molar-refractivity contribution is -0.291. The second kappa shape index (κ2) is 6.54. The van der Waals surface area contributed by atoms with Crippen molar-refractivity contribution in [1.82, 2.24) is 9.55 Å². The molecule has 0 aliphatic carbocycles.